The second-order valence-electron chi connectivity index (χ2n) is 9.87. The second-order valence-corrected chi connectivity index (χ2v) is 9.87. The van der Waals surface area contributed by atoms with Crippen LogP contribution >= 0.6 is 0 Å². The number of nitrogens with zero attached hydrogens (tertiary/aromatic N) is 2. The Bertz CT molecular complexity index is 1570. The normalized spacial score (nSPS) is 13.5. The number of furan rings is 1. The van der Waals surface area contributed by atoms with Gasteiger partial charge in [0.15, 0.2) is 5.76 Å². The minimum absolute atomic E-state index is 0.171. The van der Waals surface area contributed by atoms with Gasteiger partial charge in [-0.05, 0) is 43.0 Å². The standard InChI is InChI=1S/C33H31N3O5/c1-21-28-25(34-35-31(37)29(22-13-6-4-7-14-22)23-15-8-5-9-16-23)18-12-20-27(28)41-30(21)32(38)36(2)26-19-11-10-17-24(26)33(39)40-3/h4-11,13-17,19,29H,12,18,20H2,1-3H3,(H,35,37)/b34-25+. The largest absolute Gasteiger partial charge is 0.465 e. The van der Waals surface area contributed by atoms with Crippen molar-refractivity contribution in [2.75, 3.05) is 19.1 Å². The molecule has 0 saturated heterocycles. The Hall–Kier alpha value is -4.98. The van der Waals surface area contributed by atoms with Crippen LogP contribution in [0.2, 0.25) is 0 Å². The van der Waals surface area contributed by atoms with E-state index in [1.165, 1.54) is 12.0 Å². The third-order valence-electron chi connectivity index (χ3n) is 7.32. The zero-order chi connectivity index (χ0) is 28.9. The van der Waals surface area contributed by atoms with Gasteiger partial charge in [0.25, 0.3) is 11.8 Å². The Labute approximate surface area is 238 Å². The molecule has 1 heterocycles. The molecule has 1 N–H and O–H groups in total. The molecule has 41 heavy (non-hydrogen) atoms. The van der Waals surface area contributed by atoms with Crippen LogP contribution in [0.3, 0.4) is 0 Å². The van der Waals surface area contributed by atoms with Gasteiger partial charge in [-0.1, -0.05) is 72.8 Å². The van der Waals surface area contributed by atoms with E-state index in [0.717, 1.165) is 23.1 Å². The van der Waals surface area contributed by atoms with Crippen molar-refractivity contribution in [1.29, 1.82) is 0 Å². The summed E-state index contributed by atoms with van der Waals surface area (Å²) in [4.78, 5) is 40.8. The second kappa shape index (κ2) is 12.0. The number of methoxy groups -OCH3 is 1. The Morgan fingerprint density at radius 1 is 0.902 bits per heavy atom. The van der Waals surface area contributed by atoms with Crippen molar-refractivity contribution in [1.82, 2.24) is 5.43 Å². The molecule has 8 nitrogen and oxygen atoms in total. The number of fused-ring (bicyclic) bond motifs is 1. The Kier molecular flexibility index (Phi) is 8.10. The predicted molar refractivity (Wildman–Crippen MR) is 156 cm³/mol. The molecule has 0 aliphatic heterocycles. The number of aryl methyl sites for hydroxylation is 1. The number of nitrogens with one attached hydrogen (secondary N) is 1. The monoisotopic (exact) mass is 549 g/mol. The van der Waals surface area contributed by atoms with E-state index in [9.17, 15) is 14.4 Å². The van der Waals surface area contributed by atoms with Gasteiger partial charge in [0, 0.05) is 24.6 Å². The minimum Gasteiger partial charge on any atom is -0.465 e. The maximum absolute atomic E-state index is 13.6. The molecule has 0 bridgehead atoms. The van der Waals surface area contributed by atoms with Crippen LogP contribution in [0.15, 0.2) is 94.4 Å². The van der Waals surface area contributed by atoms with Crippen LogP contribution < -0.4 is 10.3 Å². The topological polar surface area (TPSA) is 101 Å². The summed E-state index contributed by atoms with van der Waals surface area (Å²) in [7, 11) is 2.89. The molecule has 0 unspecified atom stereocenters. The highest BCUT2D eigenvalue weighted by molar-refractivity contribution is 6.11. The molecular weight excluding hydrogens is 518 g/mol. The molecule has 1 aliphatic carbocycles. The summed E-state index contributed by atoms with van der Waals surface area (Å²) in [5, 5.41) is 4.55. The third-order valence-corrected chi connectivity index (χ3v) is 7.32. The van der Waals surface area contributed by atoms with Crippen LogP contribution in [0.1, 0.15) is 67.7 Å². The molecule has 0 radical (unpaired) electrons. The quantitative estimate of drug-likeness (QED) is 0.238. The lowest BCUT2D eigenvalue weighted by atomic mass is 9.90. The van der Waals surface area contributed by atoms with Gasteiger partial charge in [-0.25, -0.2) is 10.2 Å². The number of esters is 1. The molecule has 0 saturated carbocycles. The lowest BCUT2D eigenvalue weighted by Gasteiger charge is -2.19. The molecule has 0 atom stereocenters. The van der Waals surface area contributed by atoms with E-state index >= 15 is 0 Å². The highest BCUT2D eigenvalue weighted by Crippen LogP contribution is 2.32. The van der Waals surface area contributed by atoms with Crippen LogP contribution in [-0.4, -0.2) is 37.7 Å². The van der Waals surface area contributed by atoms with Gasteiger partial charge in [0.2, 0.25) is 0 Å². The zero-order valence-corrected chi connectivity index (χ0v) is 23.2. The molecule has 208 valence electrons. The molecule has 2 amide bonds. The van der Waals surface area contributed by atoms with E-state index in [0.29, 0.717) is 35.6 Å². The summed E-state index contributed by atoms with van der Waals surface area (Å²) in [6.07, 6.45) is 2.04. The highest BCUT2D eigenvalue weighted by Gasteiger charge is 2.31. The molecule has 4 aromatic rings. The summed E-state index contributed by atoms with van der Waals surface area (Å²) in [6, 6.07) is 25.9. The number of anilines is 1. The van der Waals surface area contributed by atoms with Crippen molar-refractivity contribution in [2.24, 2.45) is 5.10 Å². The zero-order valence-electron chi connectivity index (χ0n) is 23.2. The van der Waals surface area contributed by atoms with Gasteiger partial charge < -0.3 is 14.1 Å². The number of para-hydroxylation sites is 1. The summed E-state index contributed by atoms with van der Waals surface area (Å²) >= 11 is 0. The molecule has 0 fully saturated rings. The van der Waals surface area contributed by atoms with Crippen molar-refractivity contribution in [3.05, 3.63) is 124 Å². The van der Waals surface area contributed by atoms with Crippen molar-refractivity contribution in [3.8, 4) is 0 Å². The molecule has 1 aliphatic rings. The molecular formula is C33H31N3O5. The first kappa shape index (κ1) is 27.6. The van der Waals surface area contributed by atoms with Crippen LogP contribution in [0, 0.1) is 6.92 Å². The van der Waals surface area contributed by atoms with Gasteiger partial charge in [0.05, 0.1) is 30.0 Å². The number of carbonyl (C=O) groups is 3. The molecule has 1 aromatic heterocycles. The smallest absolute Gasteiger partial charge is 0.339 e. The summed E-state index contributed by atoms with van der Waals surface area (Å²) in [5.41, 5.74) is 7.25. The summed E-state index contributed by atoms with van der Waals surface area (Å²) in [6.45, 7) is 1.81. The summed E-state index contributed by atoms with van der Waals surface area (Å²) < 4.78 is 11.0. The Balaban J connectivity index is 1.43. The van der Waals surface area contributed by atoms with Crippen LogP contribution in [0.4, 0.5) is 5.69 Å². The average molecular weight is 550 g/mol. The number of carbonyl (C=O) groups excluding carboxylic acids is 3. The predicted octanol–water partition coefficient (Wildman–Crippen LogP) is 5.64. The molecule has 0 spiro atoms. The number of hydrogen-bond acceptors (Lipinski definition) is 6. The van der Waals surface area contributed by atoms with Crippen molar-refractivity contribution in [2.45, 2.75) is 32.1 Å². The van der Waals surface area contributed by atoms with Gasteiger partial charge in [-0.15, -0.1) is 0 Å². The minimum atomic E-state index is -0.537. The van der Waals surface area contributed by atoms with Crippen molar-refractivity contribution >= 4 is 29.2 Å². The van der Waals surface area contributed by atoms with E-state index in [2.05, 4.69) is 10.5 Å². The molecule has 8 heteroatoms. The first-order valence-electron chi connectivity index (χ1n) is 13.4. The van der Waals surface area contributed by atoms with E-state index in [1.54, 1.807) is 31.3 Å². The lowest BCUT2D eigenvalue weighted by molar-refractivity contribution is -0.121. The van der Waals surface area contributed by atoms with Crippen molar-refractivity contribution < 1.29 is 23.5 Å². The number of rotatable bonds is 7. The first-order valence-corrected chi connectivity index (χ1v) is 13.4. The number of benzene rings is 3. The van der Waals surface area contributed by atoms with E-state index < -0.39 is 17.8 Å². The van der Waals surface area contributed by atoms with Crippen LogP contribution in [0.25, 0.3) is 0 Å². The fourth-order valence-corrected chi connectivity index (χ4v) is 5.27. The van der Waals surface area contributed by atoms with E-state index in [-0.39, 0.29) is 17.2 Å². The fourth-order valence-electron chi connectivity index (χ4n) is 5.27. The van der Waals surface area contributed by atoms with E-state index in [1.807, 2.05) is 67.6 Å². The maximum Gasteiger partial charge on any atom is 0.339 e. The number of hydrogen-bond donors (Lipinski definition) is 1. The Morgan fingerprint density at radius 3 is 2.15 bits per heavy atom. The number of hydrazone groups is 1. The Morgan fingerprint density at radius 2 is 1.51 bits per heavy atom. The van der Waals surface area contributed by atoms with Gasteiger partial charge in [-0.2, -0.15) is 5.10 Å². The number of amides is 2. The summed E-state index contributed by atoms with van der Waals surface area (Å²) in [5.74, 6) is -0.892. The molecule has 3 aromatic carbocycles. The first-order chi connectivity index (χ1) is 19.9. The van der Waals surface area contributed by atoms with Gasteiger partial charge >= 0.3 is 5.97 Å². The number of ether oxygens (including phenoxy) is 1. The SMILES string of the molecule is COC(=O)c1ccccc1N(C)C(=O)c1oc2c(c1C)/C(=N/NC(=O)C(c1ccccc1)c1ccccc1)CCC2. The molecule has 5 rings (SSSR count). The van der Waals surface area contributed by atoms with E-state index in [4.69, 9.17) is 9.15 Å². The average Bonchev–Trinajstić information content (AvgIpc) is 3.36. The highest BCUT2D eigenvalue weighted by atomic mass is 16.5. The van der Waals surface area contributed by atoms with Gasteiger partial charge in [-0.3, -0.25) is 9.59 Å². The third kappa shape index (κ3) is 5.54. The van der Waals surface area contributed by atoms with Crippen LogP contribution in [0.5, 0.6) is 0 Å². The fraction of sp³-hybridized carbons (Fsp3) is 0.212. The van der Waals surface area contributed by atoms with Crippen molar-refractivity contribution in [3.63, 3.8) is 0 Å². The maximum atomic E-state index is 13.6. The van der Waals surface area contributed by atoms with Crippen LogP contribution in [-0.2, 0) is 16.0 Å². The van der Waals surface area contributed by atoms with Gasteiger partial charge in [0.1, 0.15) is 5.76 Å². The lowest BCUT2D eigenvalue weighted by Crippen LogP contribution is -2.29.